The molecular weight excluding hydrogens is 368 g/mol. The number of amides is 2. The minimum absolute atomic E-state index is 0.0552. The lowest BCUT2D eigenvalue weighted by Gasteiger charge is -2.05. The van der Waals surface area contributed by atoms with Crippen LogP contribution in [0.15, 0.2) is 35.0 Å². The third kappa shape index (κ3) is 4.33. The van der Waals surface area contributed by atoms with Crippen molar-refractivity contribution in [1.82, 2.24) is 9.97 Å². The van der Waals surface area contributed by atoms with E-state index in [1.807, 2.05) is 12.1 Å². The number of thiazole rings is 2. The molecule has 0 saturated carbocycles. The molecule has 0 bridgehead atoms. The Labute approximate surface area is 159 Å². The smallest absolute Gasteiger partial charge is 0.276 e. The summed E-state index contributed by atoms with van der Waals surface area (Å²) >= 11 is 2.67. The zero-order valence-corrected chi connectivity index (χ0v) is 16.0. The fourth-order valence-electron chi connectivity index (χ4n) is 2.31. The van der Waals surface area contributed by atoms with E-state index >= 15 is 0 Å². The van der Waals surface area contributed by atoms with Crippen molar-refractivity contribution < 1.29 is 9.59 Å². The molecule has 2 heterocycles. The molecule has 0 fully saturated rings. The van der Waals surface area contributed by atoms with Gasteiger partial charge in [-0.3, -0.25) is 14.9 Å². The maximum atomic E-state index is 12.3. The highest BCUT2D eigenvalue weighted by molar-refractivity contribution is 7.14. The molecule has 3 rings (SSSR count). The summed E-state index contributed by atoms with van der Waals surface area (Å²) in [4.78, 5) is 31.8. The average molecular weight is 387 g/mol. The van der Waals surface area contributed by atoms with Crippen LogP contribution in [0.5, 0.6) is 0 Å². The van der Waals surface area contributed by atoms with E-state index < -0.39 is 5.91 Å². The Bertz CT molecular complexity index is 929. The molecular formula is C18H18N4O2S2. The van der Waals surface area contributed by atoms with Gasteiger partial charge in [0.15, 0.2) is 5.13 Å². The molecule has 0 radical (unpaired) electrons. The SMILES string of the molecule is CC(C)c1ccc(-c2nc(C(=O)Nc3nc(CC(N)=O)cs3)cs2)cc1. The van der Waals surface area contributed by atoms with E-state index in [0.717, 1.165) is 10.6 Å². The van der Waals surface area contributed by atoms with Gasteiger partial charge in [0.25, 0.3) is 5.91 Å². The fourth-order valence-corrected chi connectivity index (χ4v) is 3.82. The number of nitrogens with two attached hydrogens (primary N) is 1. The number of carbonyl (C=O) groups excluding carboxylic acids is 2. The number of nitrogens with zero attached hydrogens (tertiary/aromatic N) is 2. The molecule has 0 unspecified atom stereocenters. The molecule has 3 N–H and O–H groups in total. The Hall–Kier alpha value is -2.58. The maximum Gasteiger partial charge on any atom is 0.276 e. The van der Waals surface area contributed by atoms with Gasteiger partial charge >= 0.3 is 0 Å². The highest BCUT2D eigenvalue weighted by Crippen LogP contribution is 2.26. The lowest BCUT2D eigenvalue weighted by molar-refractivity contribution is -0.117. The van der Waals surface area contributed by atoms with Crippen molar-refractivity contribution in [1.29, 1.82) is 0 Å². The zero-order chi connectivity index (χ0) is 18.7. The van der Waals surface area contributed by atoms with Crippen LogP contribution in [0.2, 0.25) is 0 Å². The van der Waals surface area contributed by atoms with Crippen molar-refractivity contribution in [3.8, 4) is 10.6 Å². The number of anilines is 1. The van der Waals surface area contributed by atoms with E-state index in [2.05, 4.69) is 41.3 Å². The van der Waals surface area contributed by atoms with Crippen LogP contribution in [0.3, 0.4) is 0 Å². The van der Waals surface area contributed by atoms with Gasteiger partial charge in [-0.25, -0.2) is 9.97 Å². The first-order valence-corrected chi connectivity index (χ1v) is 9.78. The van der Waals surface area contributed by atoms with Gasteiger partial charge in [0, 0.05) is 16.3 Å². The van der Waals surface area contributed by atoms with Crippen LogP contribution in [0.4, 0.5) is 5.13 Å². The number of hydrogen-bond acceptors (Lipinski definition) is 6. The van der Waals surface area contributed by atoms with E-state index in [9.17, 15) is 9.59 Å². The number of hydrogen-bond donors (Lipinski definition) is 2. The van der Waals surface area contributed by atoms with Gasteiger partial charge in [-0.1, -0.05) is 38.1 Å². The Balaban J connectivity index is 1.69. The maximum absolute atomic E-state index is 12.3. The largest absolute Gasteiger partial charge is 0.369 e. The Morgan fingerprint density at radius 2 is 1.85 bits per heavy atom. The highest BCUT2D eigenvalue weighted by Gasteiger charge is 2.14. The van der Waals surface area contributed by atoms with Crippen LogP contribution in [0.25, 0.3) is 10.6 Å². The van der Waals surface area contributed by atoms with E-state index in [0.29, 0.717) is 22.4 Å². The summed E-state index contributed by atoms with van der Waals surface area (Å²) in [6.07, 6.45) is 0.0552. The highest BCUT2D eigenvalue weighted by atomic mass is 32.1. The molecule has 6 nitrogen and oxygen atoms in total. The lowest BCUT2D eigenvalue weighted by atomic mass is 10.0. The van der Waals surface area contributed by atoms with Gasteiger partial charge in [0.1, 0.15) is 10.7 Å². The normalized spacial score (nSPS) is 10.9. The molecule has 0 saturated heterocycles. The van der Waals surface area contributed by atoms with Crippen LogP contribution in [0.1, 0.15) is 41.5 Å². The predicted octanol–water partition coefficient (Wildman–Crippen LogP) is 3.67. The molecule has 1 aromatic carbocycles. The second-order valence-electron chi connectivity index (χ2n) is 6.06. The third-order valence-electron chi connectivity index (χ3n) is 3.69. The van der Waals surface area contributed by atoms with Crippen molar-refractivity contribution in [3.05, 3.63) is 52.0 Å². The molecule has 3 aromatic rings. The Kier molecular flexibility index (Phi) is 5.43. The quantitative estimate of drug-likeness (QED) is 0.675. The Morgan fingerprint density at radius 3 is 2.50 bits per heavy atom. The van der Waals surface area contributed by atoms with Gasteiger partial charge in [0.2, 0.25) is 5.91 Å². The molecule has 2 aromatic heterocycles. The van der Waals surface area contributed by atoms with Crippen LogP contribution in [-0.2, 0) is 11.2 Å². The summed E-state index contributed by atoms with van der Waals surface area (Å²) in [7, 11) is 0. The van der Waals surface area contributed by atoms with Crippen molar-refractivity contribution in [3.63, 3.8) is 0 Å². The van der Waals surface area contributed by atoms with Crippen molar-refractivity contribution >= 4 is 39.6 Å². The zero-order valence-electron chi connectivity index (χ0n) is 14.4. The van der Waals surface area contributed by atoms with Gasteiger partial charge in [-0.05, 0) is 11.5 Å². The number of nitrogens with one attached hydrogen (secondary N) is 1. The Morgan fingerprint density at radius 1 is 1.12 bits per heavy atom. The summed E-state index contributed by atoms with van der Waals surface area (Å²) in [6, 6.07) is 8.20. The summed E-state index contributed by atoms with van der Waals surface area (Å²) < 4.78 is 0. The molecule has 0 atom stereocenters. The summed E-state index contributed by atoms with van der Waals surface area (Å²) in [5.41, 5.74) is 8.27. The first kappa shape index (κ1) is 18.2. The van der Waals surface area contributed by atoms with Gasteiger partial charge in [0.05, 0.1) is 12.1 Å². The second kappa shape index (κ2) is 7.76. The molecule has 0 aliphatic carbocycles. The lowest BCUT2D eigenvalue weighted by Crippen LogP contribution is -2.14. The molecule has 2 amide bonds. The first-order valence-electron chi connectivity index (χ1n) is 8.02. The van der Waals surface area contributed by atoms with Crippen molar-refractivity contribution in [2.75, 3.05) is 5.32 Å². The summed E-state index contributed by atoms with van der Waals surface area (Å²) in [5, 5.41) is 7.33. The summed E-state index contributed by atoms with van der Waals surface area (Å²) in [5.74, 6) is -0.313. The van der Waals surface area contributed by atoms with Gasteiger partial charge < -0.3 is 5.73 Å². The number of benzene rings is 1. The minimum Gasteiger partial charge on any atom is -0.369 e. The van der Waals surface area contributed by atoms with E-state index in [1.54, 1.807) is 10.8 Å². The van der Waals surface area contributed by atoms with Crippen LogP contribution < -0.4 is 11.1 Å². The molecule has 26 heavy (non-hydrogen) atoms. The number of carbonyl (C=O) groups is 2. The van der Waals surface area contributed by atoms with E-state index in [1.165, 1.54) is 28.2 Å². The number of aromatic nitrogens is 2. The molecule has 0 aliphatic heterocycles. The van der Waals surface area contributed by atoms with Crippen molar-refractivity contribution in [2.45, 2.75) is 26.2 Å². The van der Waals surface area contributed by atoms with Gasteiger partial charge in [-0.2, -0.15) is 0 Å². The van der Waals surface area contributed by atoms with Crippen molar-refractivity contribution in [2.24, 2.45) is 5.73 Å². The molecule has 8 heteroatoms. The van der Waals surface area contributed by atoms with Gasteiger partial charge in [-0.15, -0.1) is 22.7 Å². The molecule has 0 aliphatic rings. The minimum atomic E-state index is -0.458. The second-order valence-corrected chi connectivity index (χ2v) is 7.77. The monoisotopic (exact) mass is 386 g/mol. The first-order chi connectivity index (χ1) is 12.4. The number of primary amides is 1. The average Bonchev–Trinajstić information content (AvgIpc) is 3.24. The number of rotatable bonds is 6. The fraction of sp³-hybridized carbons (Fsp3) is 0.222. The molecule has 0 spiro atoms. The van der Waals surface area contributed by atoms with Crippen LogP contribution in [0, 0.1) is 0 Å². The van der Waals surface area contributed by atoms with Crippen LogP contribution >= 0.6 is 22.7 Å². The van der Waals surface area contributed by atoms with Crippen LogP contribution in [-0.4, -0.2) is 21.8 Å². The topological polar surface area (TPSA) is 98.0 Å². The summed E-state index contributed by atoms with van der Waals surface area (Å²) in [6.45, 7) is 4.29. The standard InChI is InChI=1S/C18H18N4O2S2/c1-10(2)11-3-5-12(6-4-11)17-21-14(9-25-17)16(24)22-18-20-13(8-26-18)7-15(19)23/h3-6,8-10H,7H2,1-2H3,(H2,19,23)(H,20,22,24). The predicted molar refractivity (Wildman–Crippen MR) is 105 cm³/mol. The van der Waals surface area contributed by atoms with E-state index in [-0.39, 0.29) is 12.3 Å². The molecule has 134 valence electrons. The van der Waals surface area contributed by atoms with E-state index in [4.69, 9.17) is 5.73 Å². The third-order valence-corrected chi connectivity index (χ3v) is 5.39.